The lowest BCUT2D eigenvalue weighted by molar-refractivity contribution is -0.121. The van der Waals surface area contributed by atoms with Gasteiger partial charge in [-0.1, -0.05) is 11.8 Å². The number of rotatable bonds is 8. The number of nitrogens with zero attached hydrogens (tertiary/aromatic N) is 2. The lowest BCUT2D eigenvalue weighted by Gasteiger charge is -2.15. The van der Waals surface area contributed by atoms with Gasteiger partial charge in [0.15, 0.2) is 0 Å². The van der Waals surface area contributed by atoms with Crippen molar-refractivity contribution < 1.29 is 24.6 Å². The van der Waals surface area contributed by atoms with E-state index in [2.05, 4.69) is 27.0 Å². The van der Waals surface area contributed by atoms with Gasteiger partial charge in [0.2, 0.25) is 5.91 Å². The van der Waals surface area contributed by atoms with Crippen molar-refractivity contribution in [1.82, 2.24) is 14.9 Å². The minimum absolute atomic E-state index is 0.0425. The number of hydrogen-bond acceptors (Lipinski definition) is 9. The number of amides is 1. The number of carbonyl (C=O) groups is 1. The number of ether oxygens (including phenoxy) is 1. The molecule has 0 bridgehead atoms. The standard InChI is InChI=1S/C17H25N5O6/c18-16-11(4-3-6-20-14(25)5-1-2-7-27-19)9-22(17(26)21-16)15-8-12(24)13(10-23)28-15/h9,12-13,15,23-24H,1-2,5-8,10,19H2,(H,20,25)(H2,18,21,26)/t12-,13+,15+/m0/s1. The normalized spacial score (nSPS) is 21.2. The number of hydrogen-bond donors (Lipinski definition) is 5. The third kappa shape index (κ3) is 6.01. The Labute approximate surface area is 161 Å². The maximum atomic E-state index is 12.1. The first-order valence-corrected chi connectivity index (χ1v) is 8.86. The predicted octanol–water partition coefficient (Wildman–Crippen LogP) is -2.01. The molecule has 3 atom stereocenters. The maximum absolute atomic E-state index is 12.1. The topological polar surface area (TPSA) is 175 Å². The maximum Gasteiger partial charge on any atom is 0.351 e. The van der Waals surface area contributed by atoms with Crippen LogP contribution in [0.25, 0.3) is 0 Å². The zero-order chi connectivity index (χ0) is 20.5. The van der Waals surface area contributed by atoms with Crippen LogP contribution in [0, 0.1) is 11.8 Å². The van der Waals surface area contributed by atoms with Crippen LogP contribution in [0.5, 0.6) is 0 Å². The average molecular weight is 395 g/mol. The van der Waals surface area contributed by atoms with Crippen molar-refractivity contribution in [3.8, 4) is 11.8 Å². The first-order valence-electron chi connectivity index (χ1n) is 8.86. The van der Waals surface area contributed by atoms with Gasteiger partial charge in [-0.15, -0.1) is 0 Å². The monoisotopic (exact) mass is 395 g/mol. The number of carbonyl (C=O) groups excluding carboxylic acids is 1. The molecule has 28 heavy (non-hydrogen) atoms. The van der Waals surface area contributed by atoms with E-state index in [-0.39, 0.29) is 31.3 Å². The van der Waals surface area contributed by atoms with Gasteiger partial charge >= 0.3 is 5.69 Å². The molecular weight excluding hydrogens is 370 g/mol. The van der Waals surface area contributed by atoms with E-state index < -0.39 is 24.1 Å². The molecule has 7 N–H and O–H groups in total. The SMILES string of the molecule is NOCCCCC(=O)NCC#Cc1cn([C@H]2C[C@H](O)[C@@H](CO)O2)c(=O)nc1N. The Morgan fingerprint density at radius 2 is 2.29 bits per heavy atom. The van der Waals surface area contributed by atoms with Gasteiger partial charge < -0.3 is 30.8 Å². The van der Waals surface area contributed by atoms with E-state index in [0.29, 0.717) is 31.4 Å². The first kappa shape index (κ1) is 21.8. The number of aliphatic hydroxyl groups excluding tert-OH is 2. The molecule has 154 valence electrons. The van der Waals surface area contributed by atoms with Crippen LogP contribution in [0.3, 0.4) is 0 Å². The van der Waals surface area contributed by atoms with E-state index in [0.717, 1.165) is 0 Å². The van der Waals surface area contributed by atoms with Gasteiger partial charge in [0.05, 0.1) is 31.4 Å². The van der Waals surface area contributed by atoms with Crippen LogP contribution in [-0.2, 0) is 14.4 Å². The van der Waals surface area contributed by atoms with Crippen molar-refractivity contribution in [3.63, 3.8) is 0 Å². The van der Waals surface area contributed by atoms with E-state index in [4.69, 9.17) is 21.5 Å². The highest BCUT2D eigenvalue weighted by atomic mass is 16.6. The third-order valence-electron chi connectivity index (χ3n) is 4.19. The van der Waals surface area contributed by atoms with Crippen molar-refractivity contribution >= 4 is 11.7 Å². The molecule has 1 saturated heterocycles. The van der Waals surface area contributed by atoms with Crippen molar-refractivity contribution in [3.05, 3.63) is 22.2 Å². The first-order chi connectivity index (χ1) is 13.5. The van der Waals surface area contributed by atoms with Crippen LogP contribution < -0.4 is 22.6 Å². The number of aromatic nitrogens is 2. The van der Waals surface area contributed by atoms with Crippen LogP contribution in [0.2, 0.25) is 0 Å². The summed E-state index contributed by atoms with van der Waals surface area (Å²) in [5.74, 6) is 10.2. The summed E-state index contributed by atoms with van der Waals surface area (Å²) in [4.78, 5) is 31.9. The molecule has 0 radical (unpaired) electrons. The largest absolute Gasteiger partial charge is 0.394 e. The molecule has 1 amide bonds. The summed E-state index contributed by atoms with van der Waals surface area (Å²) in [6.45, 7) is 0.145. The number of unbranched alkanes of at least 4 members (excludes halogenated alkanes) is 1. The number of nitrogens with two attached hydrogens (primary N) is 2. The second-order valence-corrected chi connectivity index (χ2v) is 6.25. The summed E-state index contributed by atoms with van der Waals surface area (Å²) in [7, 11) is 0. The molecule has 0 unspecified atom stereocenters. The highest BCUT2D eigenvalue weighted by Crippen LogP contribution is 2.27. The zero-order valence-corrected chi connectivity index (χ0v) is 15.3. The van der Waals surface area contributed by atoms with Crippen molar-refractivity contribution in [2.24, 2.45) is 5.90 Å². The molecule has 1 aliphatic heterocycles. The summed E-state index contributed by atoms with van der Waals surface area (Å²) in [6.07, 6.45) is 0.779. The number of anilines is 1. The fraction of sp³-hybridized carbons (Fsp3) is 0.588. The van der Waals surface area contributed by atoms with E-state index in [1.807, 2.05) is 0 Å². The number of nitrogen functional groups attached to an aromatic ring is 1. The van der Waals surface area contributed by atoms with E-state index in [9.17, 15) is 14.7 Å². The molecule has 0 aliphatic carbocycles. The molecule has 1 aromatic heterocycles. The summed E-state index contributed by atoms with van der Waals surface area (Å²) >= 11 is 0. The Bertz CT molecular complexity index is 786. The van der Waals surface area contributed by atoms with E-state index in [1.165, 1.54) is 10.8 Å². The molecule has 2 heterocycles. The van der Waals surface area contributed by atoms with Crippen molar-refractivity contribution in [1.29, 1.82) is 0 Å². The van der Waals surface area contributed by atoms with Crippen LogP contribution in [0.15, 0.2) is 11.0 Å². The molecule has 11 heteroatoms. The number of aliphatic hydroxyl groups is 2. The fourth-order valence-electron chi connectivity index (χ4n) is 2.68. The minimum Gasteiger partial charge on any atom is -0.394 e. The molecule has 1 aliphatic rings. The van der Waals surface area contributed by atoms with Gasteiger partial charge in [-0.3, -0.25) is 9.36 Å². The van der Waals surface area contributed by atoms with E-state index in [1.54, 1.807) is 0 Å². The lowest BCUT2D eigenvalue weighted by Crippen LogP contribution is -2.29. The van der Waals surface area contributed by atoms with Crippen LogP contribution >= 0.6 is 0 Å². The molecule has 0 aromatic carbocycles. The molecule has 1 fully saturated rings. The number of nitrogens with one attached hydrogen (secondary N) is 1. The fourth-order valence-corrected chi connectivity index (χ4v) is 2.68. The quantitative estimate of drug-likeness (QED) is 0.189. The Morgan fingerprint density at radius 1 is 1.50 bits per heavy atom. The Hall–Kier alpha value is -2.49. The molecule has 0 spiro atoms. The predicted molar refractivity (Wildman–Crippen MR) is 98.4 cm³/mol. The summed E-state index contributed by atoms with van der Waals surface area (Å²) in [5, 5.41) is 21.6. The minimum atomic E-state index is -0.888. The summed E-state index contributed by atoms with van der Waals surface area (Å²) < 4.78 is 6.63. The van der Waals surface area contributed by atoms with Crippen LogP contribution in [0.4, 0.5) is 5.82 Å². The molecule has 0 saturated carbocycles. The molecule has 11 nitrogen and oxygen atoms in total. The molecule has 2 rings (SSSR count). The Balaban J connectivity index is 1.97. The second kappa shape index (κ2) is 10.7. The van der Waals surface area contributed by atoms with E-state index >= 15 is 0 Å². The van der Waals surface area contributed by atoms with Gasteiger partial charge in [0, 0.05) is 19.0 Å². The zero-order valence-electron chi connectivity index (χ0n) is 15.3. The van der Waals surface area contributed by atoms with Gasteiger partial charge in [0.1, 0.15) is 18.1 Å². The van der Waals surface area contributed by atoms with Gasteiger partial charge in [0.25, 0.3) is 0 Å². The highest BCUT2D eigenvalue weighted by Gasteiger charge is 2.35. The van der Waals surface area contributed by atoms with Crippen molar-refractivity contribution in [2.45, 2.75) is 44.1 Å². The summed E-state index contributed by atoms with van der Waals surface area (Å²) in [6, 6.07) is 0. The lowest BCUT2D eigenvalue weighted by atomic mass is 10.2. The highest BCUT2D eigenvalue weighted by molar-refractivity contribution is 5.76. The Kier molecular flexibility index (Phi) is 8.37. The van der Waals surface area contributed by atoms with Gasteiger partial charge in [-0.25, -0.2) is 10.7 Å². The van der Waals surface area contributed by atoms with Gasteiger partial charge in [-0.05, 0) is 12.8 Å². The second-order valence-electron chi connectivity index (χ2n) is 6.25. The van der Waals surface area contributed by atoms with Crippen molar-refractivity contribution in [2.75, 3.05) is 25.5 Å². The smallest absolute Gasteiger partial charge is 0.351 e. The van der Waals surface area contributed by atoms with Gasteiger partial charge in [-0.2, -0.15) is 4.98 Å². The third-order valence-corrected chi connectivity index (χ3v) is 4.19. The Morgan fingerprint density at radius 3 is 2.96 bits per heavy atom. The molecular formula is C17H25N5O6. The van der Waals surface area contributed by atoms with Crippen LogP contribution in [-0.4, -0.2) is 57.6 Å². The van der Waals surface area contributed by atoms with Crippen LogP contribution in [0.1, 0.15) is 37.5 Å². The average Bonchev–Trinajstić information content (AvgIpc) is 3.04. The summed E-state index contributed by atoms with van der Waals surface area (Å²) in [5.41, 5.74) is 5.39. The molecule has 1 aromatic rings.